The van der Waals surface area contributed by atoms with Gasteiger partial charge in [-0.1, -0.05) is 0 Å². The van der Waals surface area contributed by atoms with Gasteiger partial charge in [0.1, 0.15) is 0 Å². The van der Waals surface area contributed by atoms with Crippen molar-refractivity contribution in [1.82, 2.24) is 0 Å². The van der Waals surface area contributed by atoms with Crippen molar-refractivity contribution in [3.63, 3.8) is 0 Å². The minimum atomic E-state index is -3.08. The Kier molecular flexibility index (Phi) is 2.93. The highest BCUT2D eigenvalue weighted by Crippen LogP contribution is 2.33. The van der Waals surface area contributed by atoms with Gasteiger partial charge in [0.15, 0.2) is 9.84 Å². The Balaban J connectivity index is 2.07. The van der Waals surface area contributed by atoms with Crippen molar-refractivity contribution >= 4 is 15.5 Å². The van der Waals surface area contributed by atoms with Crippen LogP contribution in [0.1, 0.15) is 19.8 Å². The van der Waals surface area contributed by atoms with Gasteiger partial charge in [-0.15, -0.1) is 0 Å². The fraction of sp³-hybridized carbons (Fsp3) is 0.500. The molecule has 1 N–H and O–H groups in total. The third kappa shape index (κ3) is 2.76. The zero-order chi connectivity index (χ0) is 11.8. The monoisotopic (exact) mass is 239 g/mol. The normalized spacial score (nSPS) is 18.1. The Labute approximate surface area is 96.8 Å². The molecule has 1 aromatic carbocycles. The van der Waals surface area contributed by atoms with Crippen LogP contribution in [0.3, 0.4) is 0 Å². The molecule has 0 aliphatic heterocycles. The second-order valence-electron chi connectivity index (χ2n) is 4.57. The van der Waals surface area contributed by atoms with Crippen molar-refractivity contribution < 1.29 is 8.42 Å². The van der Waals surface area contributed by atoms with Gasteiger partial charge in [0.05, 0.1) is 4.90 Å². The summed E-state index contributed by atoms with van der Waals surface area (Å²) in [5.74, 6) is 0.787. The summed E-state index contributed by atoms with van der Waals surface area (Å²) in [5.41, 5.74) is 0.992. The zero-order valence-electron chi connectivity index (χ0n) is 9.60. The first-order valence-corrected chi connectivity index (χ1v) is 7.42. The van der Waals surface area contributed by atoms with Gasteiger partial charge in [-0.3, -0.25) is 0 Å². The van der Waals surface area contributed by atoms with E-state index < -0.39 is 9.84 Å². The fourth-order valence-electron chi connectivity index (χ4n) is 1.78. The minimum absolute atomic E-state index is 0.372. The van der Waals surface area contributed by atoms with Gasteiger partial charge >= 0.3 is 0 Å². The second kappa shape index (κ2) is 4.09. The molecule has 4 heteroatoms. The van der Waals surface area contributed by atoms with Gasteiger partial charge in [0.2, 0.25) is 0 Å². The average Bonchev–Trinajstić information content (AvgIpc) is 3.00. The van der Waals surface area contributed by atoms with Crippen molar-refractivity contribution in [2.45, 2.75) is 30.7 Å². The van der Waals surface area contributed by atoms with Crippen molar-refractivity contribution in [3.05, 3.63) is 24.3 Å². The standard InChI is InChI=1S/C12H17NO2S/c1-9(10-3-4-10)13-11-5-7-12(8-6-11)16(2,14)15/h5-10,13H,3-4H2,1-2H3. The maximum Gasteiger partial charge on any atom is 0.175 e. The molecule has 88 valence electrons. The summed E-state index contributed by atoms with van der Waals surface area (Å²) in [4.78, 5) is 0.372. The number of hydrogen-bond donors (Lipinski definition) is 1. The van der Waals surface area contributed by atoms with Gasteiger partial charge in [-0.25, -0.2) is 8.42 Å². The van der Waals surface area contributed by atoms with E-state index >= 15 is 0 Å². The molecule has 0 saturated heterocycles. The van der Waals surface area contributed by atoms with Crippen LogP contribution >= 0.6 is 0 Å². The molecule has 0 radical (unpaired) electrons. The van der Waals surface area contributed by atoms with Gasteiger partial charge in [-0.05, 0) is 49.9 Å². The van der Waals surface area contributed by atoms with Crippen LogP contribution in [0.25, 0.3) is 0 Å². The Bertz CT molecular complexity index is 460. The smallest absolute Gasteiger partial charge is 0.175 e. The summed E-state index contributed by atoms with van der Waals surface area (Å²) in [7, 11) is -3.08. The van der Waals surface area contributed by atoms with E-state index in [-0.39, 0.29) is 0 Å². The number of anilines is 1. The van der Waals surface area contributed by atoms with Gasteiger partial charge in [0.25, 0.3) is 0 Å². The topological polar surface area (TPSA) is 46.2 Å². The van der Waals surface area contributed by atoms with Crippen LogP contribution in [0, 0.1) is 5.92 Å². The van der Waals surface area contributed by atoms with E-state index in [4.69, 9.17) is 0 Å². The Morgan fingerprint density at radius 1 is 1.25 bits per heavy atom. The van der Waals surface area contributed by atoms with Gasteiger partial charge in [0, 0.05) is 18.0 Å². The van der Waals surface area contributed by atoms with Crippen LogP contribution in [0.15, 0.2) is 29.2 Å². The molecule has 1 atom stereocenters. The number of nitrogens with one attached hydrogen (secondary N) is 1. The molecule has 16 heavy (non-hydrogen) atoms. The van der Waals surface area contributed by atoms with Crippen LogP contribution in [-0.2, 0) is 9.84 Å². The van der Waals surface area contributed by atoms with Crippen LogP contribution < -0.4 is 5.32 Å². The summed E-state index contributed by atoms with van der Waals surface area (Å²) >= 11 is 0. The lowest BCUT2D eigenvalue weighted by Gasteiger charge is -2.14. The van der Waals surface area contributed by atoms with Crippen LogP contribution in [-0.4, -0.2) is 20.7 Å². The molecule has 2 rings (SSSR count). The summed E-state index contributed by atoms with van der Waals surface area (Å²) in [6, 6.07) is 7.43. The van der Waals surface area contributed by atoms with Crippen LogP contribution in [0.2, 0.25) is 0 Å². The van der Waals surface area contributed by atoms with E-state index in [1.54, 1.807) is 12.1 Å². The van der Waals surface area contributed by atoms with E-state index in [2.05, 4.69) is 12.2 Å². The average molecular weight is 239 g/mol. The van der Waals surface area contributed by atoms with Crippen LogP contribution in [0.5, 0.6) is 0 Å². The van der Waals surface area contributed by atoms with Crippen molar-refractivity contribution in [3.8, 4) is 0 Å². The first-order chi connectivity index (χ1) is 7.47. The molecular formula is C12H17NO2S. The Hall–Kier alpha value is -1.03. The molecule has 0 spiro atoms. The van der Waals surface area contributed by atoms with E-state index in [9.17, 15) is 8.42 Å². The summed E-state index contributed by atoms with van der Waals surface area (Å²) < 4.78 is 22.5. The number of hydrogen-bond acceptors (Lipinski definition) is 3. The maximum atomic E-state index is 11.3. The number of sulfone groups is 1. The molecule has 0 aromatic heterocycles. The van der Waals surface area contributed by atoms with Crippen molar-refractivity contribution in [1.29, 1.82) is 0 Å². The first kappa shape index (κ1) is 11.5. The SMILES string of the molecule is CC(Nc1ccc(S(C)(=O)=O)cc1)C1CC1. The molecule has 1 aromatic rings. The molecule has 1 aliphatic carbocycles. The molecule has 1 unspecified atom stereocenters. The third-order valence-corrected chi connectivity index (χ3v) is 4.13. The summed E-state index contributed by atoms with van der Waals surface area (Å²) in [6.45, 7) is 2.17. The predicted molar refractivity (Wildman–Crippen MR) is 65.4 cm³/mol. The lowest BCUT2D eigenvalue weighted by molar-refractivity contribution is 0.602. The largest absolute Gasteiger partial charge is 0.382 e. The molecule has 1 saturated carbocycles. The highest BCUT2D eigenvalue weighted by molar-refractivity contribution is 7.90. The molecule has 0 amide bonds. The van der Waals surface area contributed by atoms with E-state index in [1.807, 2.05) is 12.1 Å². The molecule has 3 nitrogen and oxygen atoms in total. The van der Waals surface area contributed by atoms with E-state index in [1.165, 1.54) is 19.1 Å². The molecular weight excluding hydrogens is 222 g/mol. The van der Waals surface area contributed by atoms with E-state index in [0.717, 1.165) is 11.6 Å². The zero-order valence-corrected chi connectivity index (χ0v) is 10.4. The number of rotatable bonds is 4. The van der Waals surface area contributed by atoms with E-state index in [0.29, 0.717) is 10.9 Å². The third-order valence-electron chi connectivity index (χ3n) is 3.01. The van der Waals surface area contributed by atoms with Gasteiger partial charge < -0.3 is 5.32 Å². The van der Waals surface area contributed by atoms with Gasteiger partial charge in [-0.2, -0.15) is 0 Å². The molecule has 0 heterocycles. The quantitative estimate of drug-likeness (QED) is 0.877. The number of benzene rings is 1. The highest BCUT2D eigenvalue weighted by atomic mass is 32.2. The second-order valence-corrected chi connectivity index (χ2v) is 6.58. The molecule has 1 aliphatic rings. The summed E-state index contributed by atoms with van der Waals surface area (Å²) in [5, 5.41) is 3.39. The predicted octanol–water partition coefficient (Wildman–Crippen LogP) is 2.30. The molecule has 1 fully saturated rings. The Morgan fingerprint density at radius 3 is 2.25 bits per heavy atom. The fourth-order valence-corrected chi connectivity index (χ4v) is 2.41. The van der Waals surface area contributed by atoms with Crippen LogP contribution in [0.4, 0.5) is 5.69 Å². The lowest BCUT2D eigenvalue weighted by atomic mass is 10.2. The summed E-state index contributed by atoms with van der Waals surface area (Å²) in [6.07, 6.45) is 3.83. The molecule has 0 bridgehead atoms. The minimum Gasteiger partial charge on any atom is -0.382 e. The highest BCUT2D eigenvalue weighted by Gasteiger charge is 2.27. The first-order valence-electron chi connectivity index (χ1n) is 5.53. The van der Waals surface area contributed by atoms with Crippen molar-refractivity contribution in [2.75, 3.05) is 11.6 Å². The Morgan fingerprint density at radius 2 is 1.81 bits per heavy atom. The van der Waals surface area contributed by atoms with Crippen molar-refractivity contribution in [2.24, 2.45) is 5.92 Å². The lowest BCUT2D eigenvalue weighted by Crippen LogP contribution is -2.17. The maximum absolute atomic E-state index is 11.3.